The zero-order chi connectivity index (χ0) is 24.5. The lowest BCUT2D eigenvalue weighted by molar-refractivity contribution is -0.109. The number of amides is 1. The van der Waals surface area contributed by atoms with Crippen LogP contribution in [0.5, 0.6) is 11.5 Å². The van der Waals surface area contributed by atoms with Crippen molar-refractivity contribution in [2.24, 2.45) is 0 Å². The standard InChI is InChI=1S/C27H36FN3O4/c28-22-16-23(31-11-9-29-10-12-31)18-25(17-22)35-24(5-8-30-19-32)3-1-20-2-4-27(33)26(15-20)21-6-13-34-14-7-21/h2,4,15-19,21,24,29,33H,1,3,5-14H2,(H,30,32). The van der Waals surface area contributed by atoms with E-state index >= 15 is 0 Å². The molecule has 0 bridgehead atoms. The third-order valence-electron chi connectivity index (χ3n) is 6.84. The highest BCUT2D eigenvalue weighted by Crippen LogP contribution is 2.34. The molecule has 190 valence electrons. The van der Waals surface area contributed by atoms with Crippen LogP contribution in [-0.4, -0.2) is 63.6 Å². The number of hydrogen-bond acceptors (Lipinski definition) is 6. The fourth-order valence-corrected chi connectivity index (χ4v) is 4.90. The van der Waals surface area contributed by atoms with Crippen molar-refractivity contribution in [3.63, 3.8) is 0 Å². The molecule has 2 fully saturated rings. The number of nitrogens with one attached hydrogen (secondary N) is 2. The molecule has 7 nitrogen and oxygen atoms in total. The normalized spacial score (nSPS) is 17.7. The minimum absolute atomic E-state index is 0.194. The summed E-state index contributed by atoms with van der Waals surface area (Å²) in [6, 6.07) is 10.7. The van der Waals surface area contributed by atoms with Gasteiger partial charge in [-0.25, -0.2) is 4.39 Å². The summed E-state index contributed by atoms with van der Waals surface area (Å²) in [6.45, 7) is 5.31. The number of carbonyl (C=O) groups excluding carboxylic acids is 1. The van der Waals surface area contributed by atoms with Gasteiger partial charge in [0, 0.05) is 70.2 Å². The van der Waals surface area contributed by atoms with Crippen molar-refractivity contribution >= 4 is 12.1 Å². The van der Waals surface area contributed by atoms with E-state index in [0.29, 0.717) is 43.2 Å². The molecule has 2 aromatic rings. The van der Waals surface area contributed by atoms with E-state index in [9.17, 15) is 14.3 Å². The number of anilines is 1. The summed E-state index contributed by atoms with van der Waals surface area (Å²) in [5, 5.41) is 16.4. The summed E-state index contributed by atoms with van der Waals surface area (Å²) in [6.07, 6.45) is 4.38. The number of ether oxygens (including phenoxy) is 2. The molecule has 0 aliphatic carbocycles. The maximum absolute atomic E-state index is 14.4. The van der Waals surface area contributed by atoms with E-state index in [-0.39, 0.29) is 11.9 Å². The smallest absolute Gasteiger partial charge is 0.207 e. The molecule has 0 aromatic heterocycles. The van der Waals surface area contributed by atoms with Gasteiger partial charge in [-0.1, -0.05) is 12.1 Å². The van der Waals surface area contributed by atoms with Crippen LogP contribution >= 0.6 is 0 Å². The molecular weight excluding hydrogens is 449 g/mol. The van der Waals surface area contributed by atoms with Crippen LogP contribution < -0.4 is 20.3 Å². The highest BCUT2D eigenvalue weighted by molar-refractivity contribution is 5.51. The second-order valence-corrected chi connectivity index (χ2v) is 9.30. The van der Waals surface area contributed by atoms with Gasteiger partial charge in [-0.2, -0.15) is 0 Å². The molecule has 35 heavy (non-hydrogen) atoms. The molecule has 3 N–H and O–H groups in total. The molecule has 1 unspecified atom stereocenters. The molecule has 8 heteroatoms. The van der Waals surface area contributed by atoms with Gasteiger partial charge in [0.25, 0.3) is 0 Å². The van der Waals surface area contributed by atoms with Gasteiger partial charge in [0.1, 0.15) is 23.4 Å². The van der Waals surface area contributed by atoms with Gasteiger partial charge in [-0.05, 0) is 54.9 Å². The van der Waals surface area contributed by atoms with E-state index in [1.807, 2.05) is 12.1 Å². The molecule has 2 saturated heterocycles. The lowest BCUT2D eigenvalue weighted by Crippen LogP contribution is -2.43. The average Bonchev–Trinajstić information content (AvgIpc) is 2.89. The summed E-state index contributed by atoms with van der Waals surface area (Å²) in [7, 11) is 0. The van der Waals surface area contributed by atoms with E-state index in [4.69, 9.17) is 9.47 Å². The number of nitrogens with zero attached hydrogens (tertiary/aromatic N) is 1. The topological polar surface area (TPSA) is 83.1 Å². The van der Waals surface area contributed by atoms with Crippen molar-refractivity contribution in [2.75, 3.05) is 50.8 Å². The zero-order valence-electron chi connectivity index (χ0n) is 20.2. The summed E-state index contributed by atoms with van der Waals surface area (Å²) in [4.78, 5) is 12.9. The molecule has 2 aliphatic heterocycles. The van der Waals surface area contributed by atoms with Crippen LogP contribution in [0.1, 0.15) is 42.7 Å². The SMILES string of the molecule is O=CNCCC(CCc1ccc(O)c(C2CCOCC2)c1)Oc1cc(F)cc(N2CCNCC2)c1. The Kier molecular flexibility index (Phi) is 9.20. The average molecular weight is 486 g/mol. The predicted molar refractivity (Wildman–Crippen MR) is 134 cm³/mol. The van der Waals surface area contributed by atoms with E-state index in [0.717, 1.165) is 75.5 Å². The number of phenolic OH excluding ortho intramolecular Hbond substituents is 1. The number of hydrogen-bond donors (Lipinski definition) is 3. The highest BCUT2D eigenvalue weighted by atomic mass is 19.1. The Morgan fingerprint density at radius 2 is 1.97 bits per heavy atom. The van der Waals surface area contributed by atoms with Crippen molar-refractivity contribution in [2.45, 2.75) is 44.1 Å². The third kappa shape index (κ3) is 7.32. The number of aryl methyl sites for hydroxylation is 1. The lowest BCUT2D eigenvalue weighted by Gasteiger charge is -2.30. The van der Waals surface area contributed by atoms with Gasteiger partial charge in [0.15, 0.2) is 0 Å². The number of benzene rings is 2. The lowest BCUT2D eigenvalue weighted by atomic mass is 9.89. The Morgan fingerprint density at radius 3 is 2.74 bits per heavy atom. The molecule has 0 radical (unpaired) electrons. The van der Waals surface area contributed by atoms with Crippen molar-refractivity contribution in [3.05, 3.63) is 53.3 Å². The van der Waals surface area contributed by atoms with E-state index in [1.165, 1.54) is 6.07 Å². The molecule has 4 rings (SSSR count). The van der Waals surface area contributed by atoms with Crippen LogP contribution in [0.4, 0.5) is 10.1 Å². The maximum atomic E-state index is 14.4. The molecule has 1 atom stereocenters. The predicted octanol–water partition coefficient (Wildman–Crippen LogP) is 3.35. The monoisotopic (exact) mass is 485 g/mol. The van der Waals surface area contributed by atoms with E-state index in [2.05, 4.69) is 21.6 Å². The molecule has 2 aromatic carbocycles. The van der Waals surface area contributed by atoms with Gasteiger partial charge in [-0.15, -0.1) is 0 Å². The van der Waals surface area contributed by atoms with E-state index in [1.54, 1.807) is 12.1 Å². The second kappa shape index (κ2) is 12.7. The fraction of sp³-hybridized carbons (Fsp3) is 0.519. The van der Waals surface area contributed by atoms with Crippen LogP contribution in [0.3, 0.4) is 0 Å². The Hall–Kier alpha value is -2.84. The van der Waals surface area contributed by atoms with Gasteiger partial charge >= 0.3 is 0 Å². The molecule has 0 saturated carbocycles. The van der Waals surface area contributed by atoms with Crippen LogP contribution in [0.25, 0.3) is 0 Å². The number of aromatic hydroxyl groups is 1. The van der Waals surface area contributed by atoms with Crippen LogP contribution in [0, 0.1) is 5.82 Å². The molecule has 2 heterocycles. The third-order valence-corrected chi connectivity index (χ3v) is 6.84. The summed E-state index contributed by atoms with van der Waals surface area (Å²) in [5.41, 5.74) is 2.93. The Morgan fingerprint density at radius 1 is 1.17 bits per heavy atom. The summed E-state index contributed by atoms with van der Waals surface area (Å²) >= 11 is 0. The minimum atomic E-state index is -0.319. The van der Waals surface area contributed by atoms with Crippen molar-refractivity contribution in [3.8, 4) is 11.5 Å². The molecule has 0 spiro atoms. The first kappa shape index (κ1) is 25.3. The second-order valence-electron chi connectivity index (χ2n) is 9.30. The van der Waals surface area contributed by atoms with Crippen molar-refractivity contribution < 1.29 is 23.8 Å². The molecule has 1 amide bonds. The first-order chi connectivity index (χ1) is 17.1. The van der Waals surface area contributed by atoms with Gasteiger partial charge in [0.05, 0.1) is 0 Å². The zero-order valence-corrected chi connectivity index (χ0v) is 20.2. The maximum Gasteiger partial charge on any atom is 0.207 e. The number of piperazine rings is 1. The Balaban J connectivity index is 1.44. The van der Waals surface area contributed by atoms with Crippen molar-refractivity contribution in [1.82, 2.24) is 10.6 Å². The quantitative estimate of drug-likeness (QED) is 0.335. The Bertz CT molecular complexity index is 961. The number of carbonyl (C=O) groups is 1. The fourth-order valence-electron chi connectivity index (χ4n) is 4.90. The Labute approximate surface area is 206 Å². The van der Waals surface area contributed by atoms with Gasteiger partial charge in [-0.3, -0.25) is 4.79 Å². The van der Waals surface area contributed by atoms with Crippen molar-refractivity contribution in [1.29, 1.82) is 0 Å². The van der Waals surface area contributed by atoms with Gasteiger partial charge < -0.3 is 30.1 Å². The van der Waals surface area contributed by atoms with Crippen LogP contribution in [0.15, 0.2) is 36.4 Å². The number of halogens is 1. The first-order valence-electron chi connectivity index (χ1n) is 12.6. The summed E-state index contributed by atoms with van der Waals surface area (Å²) < 4.78 is 26.2. The molecular formula is C27H36FN3O4. The van der Waals surface area contributed by atoms with Crippen LogP contribution in [0.2, 0.25) is 0 Å². The van der Waals surface area contributed by atoms with E-state index < -0.39 is 0 Å². The number of phenols is 1. The first-order valence-corrected chi connectivity index (χ1v) is 12.6. The number of rotatable bonds is 11. The summed E-state index contributed by atoms with van der Waals surface area (Å²) in [5.74, 6) is 0.829. The van der Waals surface area contributed by atoms with Crippen LogP contribution in [-0.2, 0) is 16.0 Å². The minimum Gasteiger partial charge on any atom is -0.508 e. The van der Waals surface area contributed by atoms with Gasteiger partial charge in [0.2, 0.25) is 6.41 Å². The highest BCUT2D eigenvalue weighted by Gasteiger charge is 2.20. The molecule has 2 aliphatic rings. The largest absolute Gasteiger partial charge is 0.508 e.